The predicted molar refractivity (Wildman–Crippen MR) is 110 cm³/mol. The minimum atomic E-state index is -0.130. The van der Waals surface area contributed by atoms with E-state index < -0.39 is 0 Å². The van der Waals surface area contributed by atoms with Crippen molar-refractivity contribution in [1.82, 2.24) is 30.7 Å². The van der Waals surface area contributed by atoms with Crippen LogP contribution in [0.5, 0.6) is 0 Å². The van der Waals surface area contributed by atoms with Crippen LogP contribution in [-0.4, -0.2) is 38.8 Å². The minimum absolute atomic E-state index is 0.000597. The molecule has 9 heteroatoms. The van der Waals surface area contributed by atoms with Crippen molar-refractivity contribution in [3.05, 3.63) is 10.6 Å². The number of aromatic amines is 1. The molecule has 29 heavy (non-hydrogen) atoms. The Morgan fingerprint density at radius 2 is 1.76 bits per heavy atom. The Balaban J connectivity index is 1.05. The molecule has 0 saturated heterocycles. The van der Waals surface area contributed by atoms with Crippen LogP contribution in [0.15, 0.2) is 0 Å². The fourth-order valence-corrected chi connectivity index (χ4v) is 6.58. The summed E-state index contributed by atoms with van der Waals surface area (Å²) in [6.07, 6.45) is 9.91. The zero-order valence-electron chi connectivity index (χ0n) is 16.7. The van der Waals surface area contributed by atoms with E-state index in [1.807, 2.05) is 4.57 Å². The Kier molecular flexibility index (Phi) is 4.88. The SMILES string of the molecule is O=C(CCNC(=O)NC12CC3CC(CC(C3)C1)C2)NCc1n[nH]c(=S)n1C1CC1. The van der Waals surface area contributed by atoms with E-state index in [0.717, 1.165) is 55.7 Å². The van der Waals surface area contributed by atoms with E-state index in [1.165, 1.54) is 19.3 Å². The number of carbonyl (C=O) groups is 2. The first-order valence-electron chi connectivity index (χ1n) is 11.0. The van der Waals surface area contributed by atoms with Crippen LogP contribution in [-0.2, 0) is 11.3 Å². The van der Waals surface area contributed by atoms with Crippen LogP contribution < -0.4 is 16.0 Å². The Morgan fingerprint density at radius 1 is 1.10 bits per heavy atom. The van der Waals surface area contributed by atoms with Crippen LogP contribution in [0.4, 0.5) is 4.79 Å². The number of nitrogens with zero attached hydrogens (tertiary/aromatic N) is 2. The van der Waals surface area contributed by atoms with E-state index in [-0.39, 0.29) is 23.9 Å². The molecule has 4 N–H and O–H groups in total. The number of H-pyrrole nitrogens is 1. The highest BCUT2D eigenvalue weighted by molar-refractivity contribution is 7.71. The minimum Gasteiger partial charge on any atom is -0.349 e. The van der Waals surface area contributed by atoms with Crippen molar-refractivity contribution in [3.8, 4) is 0 Å². The van der Waals surface area contributed by atoms with Crippen LogP contribution >= 0.6 is 12.2 Å². The van der Waals surface area contributed by atoms with Crippen molar-refractivity contribution < 1.29 is 9.59 Å². The lowest BCUT2D eigenvalue weighted by atomic mass is 9.53. The molecule has 5 aliphatic rings. The fraction of sp³-hybridized carbons (Fsp3) is 0.800. The summed E-state index contributed by atoms with van der Waals surface area (Å²) in [5, 5.41) is 16.0. The van der Waals surface area contributed by atoms with Gasteiger partial charge in [-0.25, -0.2) is 4.79 Å². The monoisotopic (exact) mass is 418 g/mol. The van der Waals surface area contributed by atoms with Crippen molar-refractivity contribution in [2.75, 3.05) is 6.54 Å². The van der Waals surface area contributed by atoms with Gasteiger partial charge in [0.15, 0.2) is 10.6 Å². The molecule has 0 aromatic carbocycles. The van der Waals surface area contributed by atoms with E-state index in [2.05, 4.69) is 26.1 Å². The van der Waals surface area contributed by atoms with Crippen LogP contribution in [0.2, 0.25) is 0 Å². The molecule has 1 heterocycles. The molecular formula is C20H30N6O2S. The molecule has 6 rings (SSSR count). The Labute approximate surface area is 175 Å². The highest BCUT2D eigenvalue weighted by atomic mass is 32.1. The Hall–Kier alpha value is -1.90. The predicted octanol–water partition coefficient (Wildman–Crippen LogP) is 2.55. The number of hydrogen-bond donors (Lipinski definition) is 4. The average Bonchev–Trinajstić information content (AvgIpc) is 3.41. The van der Waals surface area contributed by atoms with Gasteiger partial charge < -0.3 is 16.0 Å². The summed E-state index contributed by atoms with van der Waals surface area (Å²) < 4.78 is 2.60. The highest BCUT2D eigenvalue weighted by Gasteiger charge is 2.51. The molecule has 1 aromatic rings. The molecule has 5 fully saturated rings. The Bertz CT molecular complexity index is 822. The van der Waals surface area contributed by atoms with Gasteiger partial charge in [0.05, 0.1) is 6.54 Å². The van der Waals surface area contributed by atoms with E-state index in [1.54, 1.807) is 0 Å². The molecule has 5 aliphatic carbocycles. The van der Waals surface area contributed by atoms with Gasteiger partial charge in [-0.1, -0.05) is 0 Å². The molecule has 4 bridgehead atoms. The fourth-order valence-electron chi connectivity index (χ4n) is 6.28. The summed E-state index contributed by atoms with van der Waals surface area (Å²) in [5.41, 5.74) is -0.000597. The first-order valence-corrected chi connectivity index (χ1v) is 11.4. The first kappa shape index (κ1) is 19.1. The summed E-state index contributed by atoms with van der Waals surface area (Å²) in [5.74, 6) is 3.05. The molecule has 0 unspecified atom stereocenters. The normalized spacial score (nSPS) is 32.2. The smallest absolute Gasteiger partial charge is 0.315 e. The molecule has 0 radical (unpaired) electrons. The number of urea groups is 1. The second-order valence-electron chi connectivity index (χ2n) is 9.65. The van der Waals surface area contributed by atoms with Crippen molar-refractivity contribution in [3.63, 3.8) is 0 Å². The molecule has 0 spiro atoms. The number of rotatable bonds is 7. The second-order valence-corrected chi connectivity index (χ2v) is 10.0. The van der Waals surface area contributed by atoms with Gasteiger partial charge in [-0.15, -0.1) is 0 Å². The second kappa shape index (κ2) is 7.41. The lowest BCUT2D eigenvalue weighted by molar-refractivity contribution is -0.121. The molecule has 8 nitrogen and oxygen atoms in total. The largest absolute Gasteiger partial charge is 0.349 e. The molecule has 0 atom stereocenters. The van der Waals surface area contributed by atoms with Gasteiger partial charge in [-0.2, -0.15) is 5.10 Å². The standard InChI is InChI=1S/C20H30N6O2S/c27-17(22-11-16-24-25-19(29)26(16)15-1-2-15)3-4-21-18(28)23-20-8-12-5-13(9-20)7-14(6-12)10-20/h12-15H,1-11H2,(H,22,27)(H,25,29)(H2,21,23,28). The van der Waals surface area contributed by atoms with Gasteiger partial charge in [-0.3, -0.25) is 14.5 Å². The quantitative estimate of drug-likeness (QED) is 0.511. The van der Waals surface area contributed by atoms with E-state index in [9.17, 15) is 9.59 Å². The molecule has 1 aromatic heterocycles. The zero-order valence-corrected chi connectivity index (χ0v) is 17.5. The number of nitrogens with one attached hydrogen (secondary N) is 4. The maximum atomic E-state index is 12.4. The summed E-state index contributed by atoms with van der Waals surface area (Å²) >= 11 is 5.25. The molecular weight excluding hydrogens is 388 g/mol. The van der Waals surface area contributed by atoms with Crippen LogP contribution in [0.3, 0.4) is 0 Å². The number of amides is 3. The third-order valence-corrected chi connectivity index (χ3v) is 7.48. The van der Waals surface area contributed by atoms with Crippen molar-refractivity contribution in [1.29, 1.82) is 0 Å². The van der Waals surface area contributed by atoms with E-state index in [4.69, 9.17) is 12.2 Å². The maximum Gasteiger partial charge on any atom is 0.315 e. The summed E-state index contributed by atoms with van der Waals surface area (Å²) in [7, 11) is 0. The lowest BCUT2D eigenvalue weighted by Gasteiger charge is -2.56. The van der Waals surface area contributed by atoms with Crippen LogP contribution in [0, 0.1) is 22.5 Å². The summed E-state index contributed by atoms with van der Waals surface area (Å²) in [6, 6.07) is 0.289. The Morgan fingerprint density at radius 3 is 2.38 bits per heavy atom. The van der Waals surface area contributed by atoms with Crippen LogP contribution in [0.25, 0.3) is 0 Å². The van der Waals surface area contributed by atoms with Crippen LogP contribution in [0.1, 0.15) is 69.7 Å². The van der Waals surface area contributed by atoms with Gasteiger partial charge in [0.25, 0.3) is 0 Å². The highest BCUT2D eigenvalue weighted by Crippen LogP contribution is 2.55. The molecule has 3 amide bonds. The molecule has 0 aliphatic heterocycles. The van der Waals surface area contributed by atoms with Crippen molar-refractivity contribution in [2.24, 2.45) is 17.8 Å². The third kappa shape index (κ3) is 4.06. The number of carbonyl (C=O) groups excluding carboxylic acids is 2. The van der Waals surface area contributed by atoms with Gasteiger partial charge >= 0.3 is 6.03 Å². The molecule has 158 valence electrons. The summed E-state index contributed by atoms with van der Waals surface area (Å²) in [4.78, 5) is 24.6. The van der Waals surface area contributed by atoms with Crippen molar-refractivity contribution >= 4 is 24.2 Å². The topological polar surface area (TPSA) is 104 Å². The summed E-state index contributed by atoms with van der Waals surface area (Å²) in [6.45, 7) is 0.682. The lowest BCUT2D eigenvalue weighted by Crippen LogP contribution is -2.61. The van der Waals surface area contributed by atoms with E-state index >= 15 is 0 Å². The third-order valence-electron chi connectivity index (χ3n) is 7.19. The van der Waals surface area contributed by atoms with Gasteiger partial charge in [-0.05, 0) is 81.3 Å². The molecule has 5 saturated carbocycles. The van der Waals surface area contributed by atoms with Gasteiger partial charge in [0.1, 0.15) is 0 Å². The van der Waals surface area contributed by atoms with E-state index in [0.29, 0.717) is 23.9 Å². The zero-order chi connectivity index (χ0) is 20.0. The first-order chi connectivity index (χ1) is 14.0. The average molecular weight is 419 g/mol. The number of hydrogen-bond acceptors (Lipinski definition) is 4. The number of aromatic nitrogens is 3. The van der Waals surface area contributed by atoms with Gasteiger partial charge in [0.2, 0.25) is 5.91 Å². The van der Waals surface area contributed by atoms with Crippen molar-refractivity contribution in [2.45, 2.75) is 75.9 Å². The van der Waals surface area contributed by atoms with Gasteiger partial charge in [0, 0.05) is 24.5 Å². The maximum absolute atomic E-state index is 12.4.